The van der Waals surface area contributed by atoms with Crippen molar-refractivity contribution < 1.29 is 9.53 Å². The average molecular weight is 262 g/mol. The molecule has 1 saturated carbocycles. The molecule has 1 aliphatic rings. The monoisotopic (exact) mass is 262 g/mol. The second-order valence-electron chi connectivity index (χ2n) is 5.49. The third kappa shape index (κ3) is 2.59. The van der Waals surface area contributed by atoms with Crippen LogP contribution in [0.1, 0.15) is 35.1 Å². The number of methoxy groups -OCH3 is 1. The summed E-state index contributed by atoms with van der Waals surface area (Å²) in [7, 11) is 1.66. The molecular formula is C15H22N2O2. The maximum atomic E-state index is 11.9. The summed E-state index contributed by atoms with van der Waals surface area (Å²) in [6.45, 7) is 6.59. The van der Waals surface area contributed by atoms with Crippen molar-refractivity contribution in [3.8, 4) is 5.75 Å². The van der Waals surface area contributed by atoms with Gasteiger partial charge in [-0.3, -0.25) is 4.79 Å². The maximum Gasteiger partial charge on any atom is 0.240 e. The number of aryl methyl sites for hydroxylation is 2. The maximum absolute atomic E-state index is 11.9. The minimum absolute atomic E-state index is 0.0628. The molecule has 0 unspecified atom stereocenters. The van der Waals surface area contributed by atoms with Crippen molar-refractivity contribution in [2.75, 3.05) is 7.11 Å². The molecule has 4 nitrogen and oxygen atoms in total. The summed E-state index contributed by atoms with van der Waals surface area (Å²) >= 11 is 0. The second-order valence-corrected chi connectivity index (χ2v) is 5.49. The minimum Gasteiger partial charge on any atom is -0.496 e. The number of rotatable bonds is 4. The molecule has 0 aromatic heterocycles. The van der Waals surface area contributed by atoms with Crippen molar-refractivity contribution >= 4 is 5.91 Å². The number of carbonyl (C=O) groups excluding carboxylic acids is 1. The van der Waals surface area contributed by atoms with Gasteiger partial charge < -0.3 is 15.8 Å². The van der Waals surface area contributed by atoms with E-state index >= 15 is 0 Å². The minimum atomic E-state index is -0.624. The number of hydrogen-bond donors (Lipinski definition) is 2. The Morgan fingerprint density at radius 2 is 2.00 bits per heavy atom. The molecule has 0 atom stereocenters. The molecule has 0 bridgehead atoms. The average Bonchev–Trinajstić information content (AvgIpc) is 3.11. The van der Waals surface area contributed by atoms with Crippen molar-refractivity contribution in [3.05, 3.63) is 28.3 Å². The van der Waals surface area contributed by atoms with Crippen molar-refractivity contribution in [2.45, 2.75) is 45.7 Å². The number of amides is 1. The topological polar surface area (TPSA) is 64.3 Å². The van der Waals surface area contributed by atoms with Gasteiger partial charge in [0.2, 0.25) is 5.91 Å². The third-order valence-electron chi connectivity index (χ3n) is 3.99. The summed E-state index contributed by atoms with van der Waals surface area (Å²) in [5.41, 5.74) is 9.72. The molecule has 19 heavy (non-hydrogen) atoms. The van der Waals surface area contributed by atoms with Crippen LogP contribution in [0.5, 0.6) is 5.75 Å². The fourth-order valence-corrected chi connectivity index (χ4v) is 2.31. The lowest BCUT2D eigenvalue weighted by Gasteiger charge is -2.18. The van der Waals surface area contributed by atoms with E-state index in [1.807, 2.05) is 13.8 Å². The van der Waals surface area contributed by atoms with Crippen LogP contribution in [-0.4, -0.2) is 18.6 Å². The highest BCUT2D eigenvalue weighted by molar-refractivity contribution is 5.89. The molecule has 1 fully saturated rings. The van der Waals surface area contributed by atoms with Crippen LogP contribution in [0.4, 0.5) is 0 Å². The Labute approximate surface area is 114 Å². The van der Waals surface area contributed by atoms with Crippen molar-refractivity contribution in [1.82, 2.24) is 5.32 Å². The second kappa shape index (κ2) is 4.85. The fourth-order valence-electron chi connectivity index (χ4n) is 2.31. The molecule has 0 saturated heterocycles. The molecule has 104 valence electrons. The summed E-state index contributed by atoms with van der Waals surface area (Å²) < 4.78 is 5.49. The molecule has 1 aromatic carbocycles. The first-order valence-electron chi connectivity index (χ1n) is 6.60. The molecule has 0 aliphatic heterocycles. The molecule has 0 radical (unpaired) electrons. The van der Waals surface area contributed by atoms with Gasteiger partial charge in [-0.2, -0.15) is 0 Å². The predicted octanol–water partition coefficient (Wildman–Crippen LogP) is 1.73. The normalized spacial score (nSPS) is 16.1. The molecule has 0 spiro atoms. The highest BCUT2D eigenvalue weighted by atomic mass is 16.5. The first-order valence-corrected chi connectivity index (χ1v) is 6.60. The van der Waals surface area contributed by atoms with Crippen LogP contribution in [0.25, 0.3) is 0 Å². The molecule has 2 rings (SSSR count). The number of benzene rings is 1. The molecule has 3 N–H and O–H groups in total. The van der Waals surface area contributed by atoms with Crippen molar-refractivity contribution in [1.29, 1.82) is 0 Å². The molecule has 0 heterocycles. The standard InChI is InChI=1S/C15H22N2O2/c1-9-7-10(2)12(13(19-4)11(9)3)8-17-14(18)15(16)5-6-15/h7H,5-6,8,16H2,1-4H3,(H,17,18). The first kappa shape index (κ1) is 13.9. The lowest BCUT2D eigenvalue weighted by atomic mass is 9.99. The van der Waals surface area contributed by atoms with Gasteiger partial charge in [0.15, 0.2) is 0 Å². The zero-order chi connectivity index (χ0) is 14.2. The van der Waals surface area contributed by atoms with Crippen LogP contribution in [0.3, 0.4) is 0 Å². The zero-order valence-corrected chi connectivity index (χ0v) is 12.1. The van der Waals surface area contributed by atoms with Crippen molar-refractivity contribution in [2.24, 2.45) is 5.73 Å². The Morgan fingerprint density at radius 3 is 2.53 bits per heavy atom. The van der Waals surface area contributed by atoms with E-state index in [0.717, 1.165) is 35.3 Å². The number of nitrogens with two attached hydrogens (primary N) is 1. The van der Waals surface area contributed by atoms with Crippen LogP contribution in [-0.2, 0) is 11.3 Å². The van der Waals surface area contributed by atoms with Crippen LogP contribution in [0.15, 0.2) is 6.07 Å². The highest BCUT2D eigenvalue weighted by Crippen LogP contribution is 2.33. The Kier molecular flexibility index (Phi) is 3.54. The lowest BCUT2D eigenvalue weighted by Crippen LogP contribution is -2.42. The Hall–Kier alpha value is -1.55. The van der Waals surface area contributed by atoms with E-state index < -0.39 is 5.54 Å². The lowest BCUT2D eigenvalue weighted by molar-refractivity contribution is -0.123. The van der Waals surface area contributed by atoms with E-state index in [1.54, 1.807) is 7.11 Å². The number of nitrogens with one attached hydrogen (secondary N) is 1. The molecule has 4 heteroatoms. The van der Waals surface area contributed by atoms with Gasteiger partial charge in [-0.25, -0.2) is 0 Å². The van der Waals surface area contributed by atoms with Crippen LogP contribution in [0.2, 0.25) is 0 Å². The van der Waals surface area contributed by atoms with Gasteiger partial charge in [0.25, 0.3) is 0 Å². The Bertz CT molecular complexity index is 519. The smallest absolute Gasteiger partial charge is 0.240 e. The van der Waals surface area contributed by atoms with Gasteiger partial charge in [0.1, 0.15) is 5.75 Å². The van der Waals surface area contributed by atoms with Gasteiger partial charge in [-0.05, 0) is 50.3 Å². The van der Waals surface area contributed by atoms with E-state index in [2.05, 4.69) is 18.3 Å². The fraction of sp³-hybridized carbons (Fsp3) is 0.533. The van der Waals surface area contributed by atoms with Crippen LogP contribution >= 0.6 is 0 Å². The van der Waals surface area contributed by atoms with E-state index in [0.29, 0.717) is 6.54 Å². The summed E-state index contributed by atoms with van der Waals surface area (Å²) in [6.07, 6.45) is 1.56. The largest absolute Gasteiger partial charge is 0.496 e. The quantitative estimate of drug-likeness (QED) is 0.868. The SMILES string of the molecule is COc1c(C)c(C)cc(C)c1CNC(=O)C1(N)CC1. The van der Waals surface area contributed by atoms with Crippen LogP contribution in [0, 0.1) is 20.8 Å². The van der Waals surface area contributed by atoms with E-state index in [4.69, 9.17) is 10.5 Å². The third-order valence-corrected chi connectivity index (χ3v) is 3.99. The Morgan fingerprint density at radius 1 is 1.37 bits per heavy atom. The van der Waals surface area contributed by atoms with Gasteiger partial charge in [0, 0.05) is 12.1 Å². The van der Waals surface area contributed by atoms with Crippen LogP contribution < -0.4 is 15.8 Å². The van der Waals surface area contributed by atoms with Gasteiger partial charge in [-0.1, -0.05) is 6.07 Å². The van der Waals surface area contributed by atoms with Gasteiger partial charge in [-0.15, -0.1) is 0 Å². The Balaban J connectivity index is 2.20. The molecule has 1 amide bonds. The number of carbonyl (C=O) groups is 1. The number of hydrogen-bond acceptors (Lipinski definition) is 3. The van der Waals surface area contributed by atoms with Crippen molar-refractivity contribution in [3.63, 3.8) is 0 Å². The first-order chi connectivity index (χ1) is 8.89. The summed E-state index contributed by atoms with van der Waals surface area (Å²) in [6, 6.07) is 2.12. The van der Waals surface area contributed by atoms with Gasteiger partial charge >= 0.3 is 0 Å². The van der Waals surface area contributed by atoms with Gasteiger partial charge in [0.05, 0.1) is 12.6 Å². The highest BCUT2D eigenvalue weighted by Gasteiger charge is 2.45. The van der Waals surface area contributed by atoms with E-state index in [-0.39, 0.29) is 5.91 Å². The summed E-state index contributed by atoms with van der Waals surface area (Å²) in [5, 5.41) is 2.92. The molecule has 1 aliphatic carbocycles. The number of ether oxygens (including phenoxy) is 1. The van der Waals surface area contributed by atoms with E-state index in [9.17, 15) is 4.79 Å². The predicted molar refractivity (Wildman–Crippen MR) is 75.2 cm³/mol. The molecular weight excluding hydrogens is 240 g/mol. The molecule has 1 aromatic rings. The summed E-state index contributed by atoms with van der Waals surface area (Å²) in [5.74, 6) is 0.798. The summed E-state index contributed by atoms with van der Waals surface area (Å²) in [4.78, 5) is 11.9. The van der Waals surface area contributed by atoms with E-state index in [1.165, 1.54) is 5.56 Å². The zero-order valence-electron chi connectivity index (χ0n) is 12.1.